The molecule has 1 aliphatic rings. The van der Waals surface area contributed by atoms with Gasteiger partial charge < -0.3 is 5.32 Å². The molecule has 2 heterocycles. The van der Waals surface area contributed by atoms with Gasteiger partial charge in [-0.25, -0.2) is 13.4 Å². The van der Waals surface area contributed by atoms with E-state index in [1.165, 1.54) is 5.56 Å². The lowest BCUT2D eigenvalue weighted by Crippen LogP contribution is -2.42. The minimum Gasteiger partial charge on any atom is -0.353 e. The molecule has 1 fully saturated rings. The molecule has 1 N–H and O–H groups in total. The number of aryl methyl sites for hydroxylation is 1. The minimum absolute atomic E-state index is 0.0242. The van der Waals surface area contributed by atoms with Crippen LogP contribution < -0.4 is 5.32 Å². The number of hydrogen-bond acceptors (Lipinski definition) is 8. The van der Waals surface area contributed by atoms with E-state index in [4.69, 9.17) is 4.98 Å². The summed E-state index contributed by atoms with van der Waals surface area (Å²) in [6.45, 7) is 9.03. The Bertz CT molecular complexity index is 1570. The van der Waals surface area contributed by atoms with Gasteiger partial charge in [-0.2, -0.15) is 0 Å². The van der Waals surface area contributed by atoms with Gasteiger partial charge in [0.15, 0.2) is 15.6 Å². The number of nitrogens with zero attached hydrogens (tertiary/aromatic N) is 2. The number of ketones is 2. The van der Waals surface area contributed by atoms with E-state index in [1.807, 2.05) is 41.3 Å². The number of aromatic nitrogens is 1. The van der Waals surface area contributed by atoms with E-state index >= 15 is 0 Å². The molecule has 0 spiro atoms. The molecule has 4 rings (SSSR count). The Morgan fingerprint density at radius 2 is 1.75 bits per heavy atom. The molecule has 0 unspecified atom stereocenters. The molecule has 2 atom stereocenters. The first-order valence-corrected chi connectivity index (χ1v) is 18.1. The van der Waals surface area contributed by atoms with E-state index in [-0.39, 0.29) is 47.9 Å². The average molecular weight is 638 g/mol. The number of carbonyl (C=O) groups is 3. The fourth-order valence-electron chi connectivity index (χ4n) is 5.40. The fourth-order valence-corrected chi connectivity index (χ4v) is 7.79. The minimum atomic E-state index is -3.00. The molecular weight excluding hydrogens is 595 g/mol. The zero-order valence-electron chi connectivity index (χ0n) is 25.7. The van der Waals surface area contributed by atoms with Crippen LogP contribution in [0.15, 0.2) is 60.7 Å². The number of hydrogen-bond donors (Lipinski definition) is 1. The van der Waals surface area contributed by atoms with Gasteiger partial charge in [-0.05, 0) is 42.5 Å². The zero-order chi connectivity index (χ0) is 31.7. The molecule has 1 aliphatic heterocycles. The van der Waals surface area contributed by atoms with Crippen LogP contribution in [-0.4, -0.2) is 73.0 Å². The van der Waals surface area contributed by atoms with Crippen LogP contribution in [0, 0.1) is 5.92 Å². The maximum atomic E-state index is 13.8. The van der Waals surface area contributed by atoms with E-state index in [9.17, 15) is 22.8 Å². The first-order valence-electron chi connectivity index (χ1n) is 15.4. The van der Waals surface area contributed by atoms with Crippen LogP contribution in [0.25, 0.3) is 10.2 Å². The highest BCUT2D eigenvalue weighted by molar-refractivity contribution is 7.91. The zero-order valence-corrected chi connectivity index (χ0v) is 27.4. The summed E-state index contributed by atoms with van der Waals surface area (Å²) in [5, 5.41) is 4.01. The lowest BCUT2D eigenvalue weighted by atomic mass is 9.94. The highest BCUT2D eigenvalue weighted by Crippen LogP contribution is 2.27. The van der Waals surface area contributed by atoms with Crippen molar-refractivity contribution in [1.82, 2.24) is 15.2 Å². The Labute approximate surface area is 264 Å². The Morgan fingerprint density at radius 3 is 2.43 bits per heavy atom. The quantitative estimate of drug-likeness (QED) is 0.226. The third-order valence-corrected chi connectivity index (χ3v) is 10.9. The number of Topliss-reactive ketones (excluding diaryl/α,β-unsaturated/α-hetero) is 2. The number of nitrogens with one attached hydrogen (secondary N) is 1. The molecule has 10 heteroatoms. The Hall–Kier alpha value is -3.21. The van der Waals surface area contributed by atoms with E-state index in [0.717, 1.165) is 27.2 Å². The summed E-state index contributed by atoms with van der Waals surface area (Å²) in [4.78, 5) is 46.1. The van der Waals surface area contributed by atoms with Crippen molar-refractivity contribution in [2.75, 3.05) is 31.1 Å². The van der Waals surface area contributed by atoms with Gasteiger partial charge in [0.1, 0.15) is 5.78 Å². The molecule has 8 nitrogen and oxygen atoms in total. The standard InChI is InChI=1S/C34H43N3O5S2/c1-4-25-11-13-30-32(20-25)43-33(36-30)22-27(21-29(38)5-2)34(40)35-28(19-26-9-7-6-8-10-26)12-14-31(39)24(3)23-37-15-17-44(41,42)18-16-37/h6-11,13,20,27-28H,3-5,12,14-19,21-23H2,1-2H3,(H,35,40)/t27-,28+/m0/s1. The average Bonchev–Trinajstić information content (AvgIpc) is 3.42. The smallest absolute Gasteiger partial charge is 0.224 e. The molecule has 1 aromatic heterocycles. The van der Waals surface area contributed by atoms with Gasteiger partial charge in [-0.15, -0.1) is 11.3 Å². The van der Waals surface area contributed by atoms with Crippen molar-refractivity contribution in [1.29, 1.82) is 0 Å². The summed E-state index contributed by atoms with van der Waals surface area (Å²) >= 11 is 1.57. The topological polar surface area (TPSA) is 114 Å². The number of carbonyl (C=O) groups excluding carboxylic acids is 3. The predicted octanol–water partition coefficient (Wildman–Crippen LogP) is 4.75. The molecule has 2 aromatic carbocycles. The number of thiazole rings is 1. The van der Waals surface area contributed by atoms with Crippen LogP contribution >= 0.6 is 11.3 Å². The monoisotopic (exact) mass is 637 g/mol. The molecule has 0 bridgehead atoms. The maximum Gasteiger partial charge on any atom is 0.224 e. The molecule has 44 heavy (non-hydrogen) atoms. The van der Waals surface area contributed by atoms with Crippen molar-refractivity contribution in [2.24, 2.45) is 5.92 Å². The van der Waals surface area contributed by atoms with Crippen molar-refractivity contribution in [3.63, 3.8) is 0 Å². The summed E-state index contributed by atoms with van der Waals surface area (Å²) in [5.41, 5.74) is 3.61. The van der Waals surface area contributed by atoms with Crippen molar-refractivity contribution in [3.05, 3.63) is 76.8 Å². The van der Waals surface area contributed by atoms with Gasteiger partial charge in [0.05, 0.1) is 32.6 Å². The van der Waals surface area contributed by atoms with Crippen LogP contribution in [-0.2, 0) is 43.5 Å². The van der Waals surface area contributed by atoms with Crippen molar-refractivity contribution in [2.45, 2.75) is 64.8 Å². The maximum absolute atomic E-state index is 13.8. The van der Waals surface area contributed by atoms with Gasteiger partial charge in [-0.3, -0.25) is 19.3 Å². The summed E-state index contributed by atoms with van der Waals surface area (Å²) in [5.74, 6) is -0.647. The van der Waals surface area contributed by atoms with Crippen molar-refractivity contribution >= 4 is 48.9 Å². The largest absolute Gasteiger partial charge is 0.353 e. The fraction of sp³-hybridized carbons (Fsp3) is 0.471. The Balaban J connectivity index is 1.44. The summed E-state index contributed by atoms with van der Waals surface area (Å²) in [7, 11) is -3.00. The molecule has 0 saturated carbocycles. The van der Waals surface area contributed by atoms with Gasteiger partial charge in [0.25, 0.3) is 0 Å². The molecule has 1 saturated heterocycles. The van der Waals surface area contributed by atoms with Crippen LogP contribution in [0.1, 0.15) is 55.7 Å². The highest BCUT2D eigenvalue weighted by Gasteiger charge is 2.27. The summed E-state index contributed by atoms with van der Waals surface area (Å²) < 4.78 is 24.6. The van der Waals surface area contributed by atoms with E-state index < -0.39 is 15.8 Å². The third kappa shape index (κ3) is 9.90. The van der Waals surface area contributed by atoms with Gasteiger partial charge in [0, 0.05) is 56.9 Å². The van der Waals surface area contributed by atoms with E-state index in [1.54, 1.807) is 18.3 Å². The van der Waals surface area contributed by atoms with E-state index in [2.05, 4.69) is 31.0 Å². The van der Waals surface area contributed by atoms with Crippen LogP contribution in [0.5, 0.6) is 0 Å². The van der Waals surface area contributed by atoms with Crippen LogP contribution in [0.2, 0.25) is 0 Å². The second-order valence-electron chi connectivity index (χ2n) is 11.6. The summed E-state index contributed by atoms with van der Waals surface area (Å²) in [6, 6.07) is 15.7. The van der Waals surface area contributed by atoms with Gasteiger partial charge in [0.2, 0.25) is 5.91 Å². The van der Waals surface area contributed by atoms with Gasteiger partial charge >= 0.3 is 0 Å². The second kappa shape index (κ2) is 15.7. The number of amides is 1. The normalized spacial score (nSPS) is 16.3. The van der Waals surface area contributed by atoms with Gasteiger partial charge in [-0.1, -0.05) is 56.8 Å². The van der Waals surface area contributed by atoms with Crippen LogP contribution in [0.3, 0.4) is 0 Å². The first-order chi connectivity index (χ1) is 21.0. The second-order valence-corrected chi connectivity index (χ2v) is 15.1. The lowest BCUT2D eigenvalue weighted by Gasteiger charge is -2.27. The Morgan fingerprint density at radius 1 is 1.02 bits per heavy atom. The molecule has 0 aliphatic carbocycles. The van der Waals surface area contributed by atoms with Crippen molar-refractivity contribution < 1.29 is 22.8 Å². The third-order valence-electron chi connectivity index (χ3n) is 8.20. The van der Waals surface area contributed by atoms with Crippen LogP contribution in [0.4, 0.5) is 0 Å². The van der Waals surface area contributed by atoms with Crippen molar-refractivity contribution in [3.8, 4) is 0 Å². The highest BCUT2D eigenvalue weighted by atomic mass is 32.2. The molecular formula is C34H43N3O5S2. The SMILES string of the molecule is C=C(CN1CCS(=O)(=O)CC1)C(=O)CC[C@H](Cc1ccccc1)NC(=O)[C@@H](CC(=O)CC)Cc1nc2ccc(CC)cc2s1. The molecule has 3 aromatic rings. The molecule has 1 amide bonds. The number of fused-ring (bicyclic) bond motifs is 1. The number of benzene rings is 2. The Kier molecular flexibility index (Phi) is 12.0. The number of rotatable bonds is 16. The predicted molar refractivity (Wildman–Crippen MR) is 177 cm³/mol. The molecule has 236 valence electrons. The van der Waals surface area contributed by atoms with E-state index in [0.29, 0.717) is 50.9 Å². The molecule has 0 radical (unpaired) electrons. The lowest BCUT2D eigenvalue weighted by molar-refractivity contribution is -0.130. The number of sulfone groups is 1. The first kappa shape index (κ1) is 33.7. The summed E-state index contributed by atoms with van der Waals surface area (Å²) in [6.07, 6.45) is 2.97.